The molecule has 3 rings (SSSR count). The van der Waals surface area contributed by atoms with E-state index in [1.54, 1.807) is 12.1 Å². The highest BCUT2D eigenvalue weighted by atomic mass is 79.9. The second-order valence-corrected chi connectivity index (χ2v) is 6.27. The Morgan fingerprint density at radius 2 is 2.14 bits per heavy atom. The highest BCUT2D eigenvalue weighted by molar-refractivity contribution is 9.10. The van der Waals surface area contributed by atoms with E-state index in [2.05, 4.69) is 20.8 Å². The maximum Gasteiger partial charge on any atom is 0.284 e. The summed E-state index contributed by atoms with van der Waals surface area (Å²) in [6.45, 7) is 3.41. The third-order valence-corrected chi connectivity index (χ3v) is 5.11. The first kappa shape index (κ1) is 14.5. The molecule has 0 N–H and O–H groups in total. The lowest BCUT2D eigenvalue weighted by atomic mass is 10.1. The molecule has 0 aliphatic carbocycles. The number of benzene rings is 1. The smallest absolute Gasteiger partial charge is 0.284 e. The Bertz CT molecular complexity index is 593. The summed E-state index contributed by atoms with van der Waals surface area (Å²) in [5.74, 6) is -0.128. The van der Waals surface area contributed by atoms with Gasteiger partial charge < -0.3 is 4.90 Å². The third kappa shape index (κ3) is 2.67. The second-order valence-electron chi connectivity index (χ2n) is 5.48. The monoisotopic (exact) mass is 353 g/mol. The van der Waals surface area contributed by atoms with Crippen LogP contribution >= 0.6 is 15.9 Å². The summed E-state index contributed by atoms with van der Waals surface area (Å²) in [6, 6.07) is 5.04. The van der Waals surface area contributed by atoms with Crippen molar-refractivity contribution < 1.29 is 9.72 Å². The highest BCUT2D eigenvalue weighted by Crippen LogP contribution is 2.30. The summed E-state index contributed by atoms with van der Waals surface area (Å²) < 4.78 is 0.272. The summed E-state index contributed by atoms with van der Waals surface area (Å²) in [5.41, 5.74) is 0.302. The number of carbonyl (C=O) groups is 1. The number of nitro groups is 1. The zero-order valence-electron chi connectivity index (χ0n) is 11.5. The van der Waals surface area contributed by atoms with Gasteiger partial charge in [0.05, 0.1) is 10.5 Å². The third-order valence-electron chi connectivity index (χ3n) is 4.28. The molecule has 1 aromatic rings. The van der Waals surface area contributed by atoms with E-state index in [4.69, 9.17) is 0 Å². The predicted octanol–water partition coefficient (Wildman–Crippen LogP) is 2.28. The normalized spacial score (nSPS) is 22.1. The number of piperazine rings is 1. The summed E-state index contributed by atoms with van der Waals surface area (Å²) in [7, 11) is 0. The van der Waals surface area contributed by atoms with Gasteiger partial charge in [0.2, 0.25) is 0 Å². The molecule has 2 saturated heterocycles. The van der Waals surface area contributed by atoms with E-state index in [1.165, 1.54) is 12.5 Å². The summed E-state index contributed by atoms with van der Waals surface area (Å²) >= 11 is 3.21. The number of halogens is 1. The van der Waals surface area contributed by atoms with Crippen molar-refractivity contribution in [2.75, 3.05) is 26.2 Å². The molecule has 112 valence electrons. The molecule has 1 aromatic carbocycles. The number of nitro benzene ring substituents is 1. The number of amides is 1. The van der Waals surface area contributed by atoms with E-state index in [9.17, 15) is 14.9 Å². The summed E-state index contributed by atoms with van der Waals surface area (Å²) in [5, 5.41) is 11.0. The minimum Gasteiger partial charge on any atom is -0.336 e. The Labute approximate surface area is 131 Å². The van der Waals surface area contributed by atoms with Crippen molar-refractivity contribution in [2.45, 2.75) is 18.9 Å². The topological polar surface area (TPSA) is 66.7 Å². The minimum atomic E-state index is -0.476. The maximum absolute atomic E-state index is 12.6. The standard InChI is InChI=1S/C14H16BrN3O3/c15-13-11(4-1-5-12(13)18(20)21)14(19)17-8-7-16-6-2-3-10(16)9-17/h1,4-5,10H,2-3,6-9H2. The van der Waals surface area contributed by atoms with Gasteiger partial charge in [-0.05, 0) is 41.4 Å². The van der Waals surface area contributed by atoms with Crippen molar-refractivity contribution in [3.8, 4) is 0 Å². The van der Waals surface area contributed by atoms with Crippen LogP contribution in [0.3, 0.4) is 0 Å². The molecule has 2 heterocycles. The molecule has 0 bridgehead atoms. The lowest BCUT2D eigenvalue weighted by Gasteiger charge is -2.37. The van der Waals surface area contributed by atoms with Gasteiger partial charge in [0.1, 0.15) is 4.47 Å². The quantitative estimate of drug-likeness (QED) is 0.604. The van der Waals surface area contributed by atoms with Crippen LogP contribution in [0.1, 0.15) is 23.2 Å². The molecule has 1 amide bonds. The van der Waals surface area contributed by atoms with Crippen molar-refractivity contribution in [3.63, 3.8) is 0 Å². The molecular formula is C14H16BrN3O3. The van der Waals surface area contributed by atoms with Crippen LogP contribution < -0.4 is 0 Å². The lowest BCUT2D eigenvalue weighted by Crippen LogP contribution is -2.52. The van der Waals surface area contributed by atoms with Crippen molar-refractivity contribution in [1.29, 1.82) is 0 Å². The molecule has 1 unspecified atom stereocenters. The number of rotatable bonds is 2. The zero-order valence-corrected chi connectivity index (χ0v) is 13.1. The summed E-state index contributed by atoms with van der Waals surface area (Å²) in [6.07, 6.45) is 2.31. The van der Waals surface area contributed by atoms with Crippen LogP contribution in [0.15, 0.2) is 22.7 Å². The largest absolute Gasteiger partial charge is 0.336 e. The molecule has 21 heavy (non-hydrogen) atoms. The summed E-state index contributed by atoms with van der Waals surface area (Å²) in [4.78, 5) is 27.4. The Balaban J connectivity index is 1.82. The van der Waals surface area contributed by atoms with Gasteiger partial charge in [0.15, 0.2) is 0 Å². The van der Waals surface area contributed by atoms with Crippen LogP contribution in [0.2, 0.25) is 0 Å². The van der Waals surface area contributed by atoms with E-state index in [-0.39, 0.29) is 16.1 Å². The molecule has 0 radical (unpaired) electrons. The van der Waals surface area contributed by atoms with E-state index in [1.807, 2.05) is 4.90 Å². The van der Waals surface area contributed by atoms with Gasteiger partial charge in [-0.15, -0.1) is 0 Å². The maximum atomic E-state index is 12.6. The number of fused-ring (bicyclic) bond motifs is 1. The second kappa shape index (κ2) is 5.73. The molecule has 7 heteroatoms. The van der Waals surface area contributed by atoms with Crippen molar-refractivity contribution >= 4 is 27.5 Å². The molecule has 6 nitrogen and oxygen atoms in total. The number of hydrogen-bond acceptors (Lipinski definition) is 4. The fraction of sp³-hybridized carbons (Fsp3) is 0.500. The SMILES string of the molecule is O=C(c1cccc([N+](=O)[O-])c1Br)N1CCN2CCCC2C1. The Kier molecular flexibility index (Phi) is 3.95. The first-order valence-electron chi connectivity index (χ1n) is 7.04. The number of nitrogens with zero attached hydrogens (tertiary/aromatic N) is 3. The van der Waals surface area contributed by atoms with Gasteiger partial charge in [-0.3, -0.25) is 19.8 Å². The van der Waals surface area contributed by atoms with Gasteiger partial charge in [-0.25, -0.2) is 0 Å². The average molecular weight is 354 g/mol. The van der Waals surface area contributed by atoms with Crippen molar-refractivity contribution in [3.05, 3.63) is 38.3 Å². The van der Waals surface area contributed by atoms with Crippen LogP contribution in [0.25, 0.3) is 0 Å². The van der Waals surface area contributed by atoms with Crippen LogP contribution in [0.4, 0.5) is 5.69 Å². The molecule has 0 saturated carbocycles. The molecule has 0 aromatic heterocycles. The van der Waals surface area contributed by atoms with Gasteiger partial charge in [0.25, 0.3) is 11.6 Å². The highest BCUT2D eigenvalue weighted by Gasteiger charge is 2.33. The van der Waals surface area contributed by atoms with Crippen molar-refractivity contribution in [1.82, 2.24) is 9.80 Å². The average Bonchev–Trinajstić information content (AvgIpc) is 2.93. The molecule has 0 spiro atoms. The Morgan fingerprint density at radius 1 is 1.33 bits per heavy atom. The van der Waals surface area contributed by atoms with Gasteiger partial charge in [-0.2, -0.15) is 0 Å². The predicted molar refractivity (Wildman–Crippen MR) is 81.3 cm³/mol. The minimum absolute atomic E-state index is 0.0691. The van der Waals surface area contributed by atoms with E-state index in [0.29, 0.717) is 24.7 Å². The molecule has 2 aliphatic rings. The molecule has 1 atom stereocenters. The lowest BCUT2D eigenvalue weighted by molar-refractivity contribution is -0.385. The Hall–Kier alpha value is -1.47. The van der Waals surface area contributed by atoms with Crippen LogP contribution in [-0.4, -0.2) is 52.9 Å². The van der Waals surface area contributed by atoms with Crippen LogP contribution in [-0.2, 0) is 0 Å². The van der Waals surface area contributed by atoms with Crippen LogP contribution in [0, 0.1) is 10.1 Å². The molecule has 2 aliphatic heterocycles. The fourth-order valence-electron chi connectivity index (χ4n) is 3.17. The van der Waals surface area contributed by atoms with E-state index < -0.39 is 4.92 Å². The van der Waals surface area contributed by atoms with E-state index >= 15 is 0 Å². The van der Waals surface area contributed by atoms with Gasteiger partial charge >= 0.3 is 0 Å². The van der Waals surface area contributed by atoms with Gasteiger partial charge in [-0.1, -0.05) is 6.07 Å². The molecular weight excluding hydrogens is 338 g/mol. The van der Waals surface area contributed by atoms with E-state index in [0.717, 1.165) is 19.5 Å². The van der Waals surface area contributed by atoms with Gasteiger partial charge in [0, 0.05) is 31.7 Å². The first-order valence-corrected chi connectivity index (χ1v) is 7.83. The zero-order chi connectivity index (χ0) is 15.0. The Morgan fingerprint density at radius 3 is 2.90 bits per heavy atom. The van der Waals surface area contributed by atoms with Crippen molar-refractivity contribution in [2.24, 2.45) is 0 Å². The first-order chi connectivity index (χ1) is 10.1. The number of hydrogen-bond donors (Lipinski definition) is 0. The van der Waals surface area contributed by atoms with Crippen LogP contribution in [0.5, 0.6) is 0 Å². The fourth-order valence-corrected chi connectivity index (χ4v) is 3.75. The molecule has 2 fully saturated rings. The number of carbonyl (C=O) groups excluding carboxylic acids is 1.